The second-order valence-electron chi connectivity index (χ2n) is 6.91. The van der Waals surface area contributed by atoms with E-state index in [4.69, 9.17) is 14.0 Å². The first-order valence-corrected chi connectivity index (χ1v) is 8.99. The fourth-order valence-corrected chi connectivity index (χ4v) is 4.17. The van der Waals surface area contributed by atoms with Gasteiger partial charge in [0.25, 0.3) is 5.91 Å². The van der Waals surface area contributed by atoms with Crippen molar-refractivity contribution in [2.75, 3.05) is 13.3 Å². The molecular formula is C19H20N2O4. The standard InChI is InChI=1S/C19H20N2O4/c22-19(18-13-4-1-2-6-15(13)25-20-18)21-9-3-5-14(21)12-7-8-16-17(10-12)24-11-23-16/h7-8,10,14H,1-6,9,11H2. The molecular weight excluding hydrogens is 320 g/mol. The summed E-state index contributed by atoms with van der Waals surface area (Å²) in [7, 11) is 0. The lowest BCUT2D eigenvalue weighted by atomic mass is 9.96. The number of hydrogen-bond donors (Lipinski definition) is 0. The molecule has 6 nitrogen and oxygen atoms in total. The van der Waals surface area contributed by atoms with Crippen LogP contribution in [-0.4, -0.2) is 29.3 Å². The van der Waals surface area contributed by atoms with E-state index in [9.17, 15) is 4.79 Å². The molecule has 1 amide bonds. The van der Waals surface area contributed by atoms with E-state index in [1.54, 1.807) is 0 Å². The zero-order valence-electron chi connectivity index (χ0n) is 14.0. The molecule has 0 bridgehead atoms. The average molecular weight is 340 g/mol. The van der Waals surface area contributed by atoms with E-state index in [0.717, 1.165) is 73.5 Å². The highest BCUT2D eigenvalue weighted by Crippen LogP contribution is 2.39. The van der Waals surface area contributed by atoms with Crippen molar-refractivity contribution >= 4 is 5.91 Å². The number of rotatable bonds is 2. The largest absolute Gasteiger partial charge is 0.454 e. The summed E-state index contributed by atoms with van der Waals surface area (Å²) >= 11 is 0. The highest BCUT2D eigenvalue weighted by Gasteiger charge is 2.35. The Morgan fingerprint density at radius 1 is 1.12 bits per heavy atom. The van der Waals surface area contributed by atoms with Crippen molar-refractivity contribution in [2.24, 2.45) is 0 Å². The van der Waals surface area contributed by atoms with Crippen LogP contribution in [0.3, 0.4) is 0 Å². The van der Waals surface area contributed by atoms with E-state index in [1.165, 1.54) is 0 Å². The minimum Gasteiger partial charge on any atom is -0.454 e. The van der Waals surface area contributed by atoms with Crippen LogP contribution in [-0.2, 0) is 12.8 Å². The van der Waals surface area contributed by atoms with Crippen LogP contribution in [0.2, 0.25) is 0 Å². The number of nitrogens with zero attached hydrogens (tertiary/aromatic N) is 2. The molecule has 1 saturated heterocycles. The highest BCUT2D eigenvalue weighted by atomic mass is 16.7. The summed E-state index contributed by atoms with van der Waals surface area (Å²) in [5.74, 6) is 2.42. The van der Waals surface area contributed by atoms with Gasteiger partial charge >= 0.3 is 0 Å². The Hall–Kier alpha value is -2.50. The highest BCUT2D eigenvalue weighted by molar-refractivity contribution is 5.94. The molecule has 0 N–H and O–H groups in total. The van der Waals surface area contributed by atoms with Gasteiger partial charge in [0.15, 0.2) is 17.2 Å². The van der Waals surface area contributed by atoms with Crippen molar-refractivity contribution in [2.45, 2.75) is 44.6 Å². The van der Waals surface area contributed by atoms with Crippen molar-refractivity contribution < 1.29 is 18.8 Å². The summed E-state index contributed by atoms with van der Waals surface area (Å²) in [4.78, 5) is 15.1. The number of ether oxygens (including phenoxy) is 2. The smallest absolute Gasteiger partial charge is 0.276 e. The maximum Gasteiger partial charge on any atom is 0.276 e. The number of benzene rings is 1. The van der Waals surface area contributed by atoms with Gasteiger partial charge in [0.1, 0.15) is 5.76 Å². The molecule has 1 fully saturated rings. The van der Waals surface area contributed by atoms with E-state index >= 15 is 0 Å². The summed E-state index contributed by atoms with van der Waals surface area (Å²) in [6.45, 7) is 1.01. The molecule has 0 radical (unpaired) electrons. The van der Waals surface area contributed by atoms with Crippen LogP contribution < -0.4 is 9.47 Å². The predicted octanol–water partition coefficient (Wildman–Crippen LogP) is 3.26. The van der Waals surface area contributed by atoms with Gasteiger partial charge in [-0.3, -0.25) is 4.79 Å². The molecule has 0 saturated carbocycles. The van der Waals surface area contributed by atoms with Crippen molar-refractivity contribution in [3.05, 3.63) is 40.8 Å². The Labute approximate surface area is 145 Å². The summed E-state index contributed by atoms with van der Waals surface area (Å²) in [5.41, 5.74) is 2.63. The normalized spacial score (nSPS) is 21.4. The third kappa shape index (κ3) is 2.39. The Morgan fingerprint density at radius 2 is 2.00 bits per heavy atom. The Morgan fingerprint density at radius 3 is 2.96 bits per heavy atom. The first-order chi connectivity index (χ1) is 12.3. The number of amides is 1. The fourth-order valence-electron chi connectivity index (χ4n) is 4.17. The molecule has 1 aromatic heterocycles. The predicted molar refractivity (Wildman–Crippen MR) is 88.7 cm³/mol. The van der Waals surface area contributed by atoms with Gasteiger partial charge in [0, 0.05) is 18.5 Å². The zero-order valence-corrected chi connectivity index (χ0v) is 14.0. The minimum absolute atomic E-state index is 0.00735. The Bertz CT molecular complexity index is 829. The van der Waals surface area contributed by atoms with Crippen molar-refractivity contribution in [3.8, 4) is 11.5 Å². The van der Waals surface area contributed by atoms with E-state index < -0.39 is 0 Å². The fraction of sp³-hybridized carbons (Fsp3) is 0.474. The lowest BCUT2D eigenvalue weighted by Gasteiger charge is -2.25. The van der Waals surface area contributed by atoms with Crippen LogP contribution in [0.1, 0.15) is 59.1 Å². The molecule has 130 valence electrons. The minimum atomic E-state index is -0.00735. The lowest BCUT2D eigenvalue weighted by Crippen LogP contribution is -2.31. The molecule has 3 heterocycles. The summed E-state index contributed by atoms with van der Waals surface area (Å²) in [6.07, 6.45) is 5.93. The summed E-state index contributed by atoms with van der Waals surface area (Å²) in [6, 6.07) is 6.01. The molecule has 3 aliphatic rings. The third-order valence-corrected chi connectivity index (χ3v) is 5.45. The Kier molecular flexibility index (Phi) is 3.43. The number of hydrogen-bond acceptors (Lipinski definition) is 5. The van der Waals surface area contributed by atoms with Crippen LogP contribution in [0.5, 0.6) is 11.5 Å². The molecule has 25 heavy (non-hydrogen) atoms. The number of aromatic nitrogens is 1. The quantitative estimate of drug-likeness (QED) is 0.839. The number of aryl methyl sites for hydroxylation is 1. The average Bonchev–Trinajstić information content (AvgIpc) is 3.38. The topological polar surface area (TPSA) is 64.8 Å². The first kappa shape index (κ1) is 14.8. The van der Waals surface area contributed by atoms with Crippen molar-refractivity contribution in [1.29, 1.82) is 0 Å². The van der Waals surface area contributed by atoms with Gasteiger partial charge in [0.2, 0.25) is 6.79 Å². The van der Waals surface area contributed by atoms with Crippen molar-refractivity contribution in [1.82, 2.24) is 10.1 Å². The number of carbonyl (C=O) groups is 1. The van der Waals surface area contributed by atoms with Gasteiger partial charge in [-0.1, -0.05) is 11.2 Å². The van der Waals surface area contributed by atoms with Crippen LogP contribution >= 0.6 is 0 Å². The SMILES string of the molecule is O=C(c1noc2c1CCCC2)N1CCCC1c1ccc2c(c1)OCO2. The monoisotopic (exact) mass is 340 g/mol. The zero-order chi connectivity index (χ0) is 16.8. The molecule has 5 rings (SSSR count). The number of carbonyl (C=O) groups excluding carboxylic acids is 1. The van der Waals surface area contributed by atoms with Crippen LogP contribution in [0.25, 0.3) is 0 Å². The van der Waals surface area contributed by atoms with Gasteiger partial charge in [0.05, 0.1) is 6.04 Å². The summed E-state index contributed by atoms with van der Waals surface area (Å²) < 4.78 is 16.3. The van der Waals surface area contributed by atoms with Crippen LogP contribution in [0.15, 0.2) is 22.7 Å². The molecule has 1 unspecified atom stereocenters. The third-order valence-electron chi connectivity index (χ3n) is 5.45. The molecule has 2 aliphatic heterocycles. The molecule has 1 aromatic carbocycles. The maximum absolute atomic E-state index is 13.1. The van der Waals surface area contributed by atoms with E-state index in [1.807, 2.05) is 23.1 Å². The first-order valence-electron chi connectivity index (χ1n) is 8.99. The van der Waals surface area contributed by atoms with Crippen LogP contribution in [0.4, 0.5) is 0 Å². The Balaban J connectivity index is 1.45. The molecule has 6 heteroatoms. The number of fused-ring (bicyclic) bond motifs is 2. The summed E-state index contributed by atoms with van der Waals surface area (Å²) in [5, 5.41) is 4.12. The maximum atomic E-state index is 13.1. The second-order valence-corrected chi connectivity index (χ2v) is 6.91. The molecule has 1 aliphatic carbocycles. The van der Waals surface area contributed by atoms with Gasteiger partial charge in [-0.15, -0.1) is 0 Å². The van der Waals surface area contributed by atoms with Gasteiger partial charge in [-0.05, 0) is 49.8 Å². The molecule has 0 spiro atoms. The lowest BCUT2D eigenvalue weighted by molar-refractivity contribution is 0.0724. The number of likely N-dealkylation sites (tertiary alicyclic amines) is 1. The van der Waals surface area contributed by atoms with Crippen LogP contribution in [0, 0.1) is 0 Å². The van der Waals surface area contributed by atoms with Gasteiger partial charge in [-0.2, -0.15) is 0 Å². The van der Waals surface area contributed by atoms with Gasteiger partial charge in [-0.25, -0.2) is 0 Å². The van der Waals surface area contributed by atoms with E-state index in [-0.39, 0.29) is 18.7 Å². The van der Waals surface area contributed by atoms with Crippen molar-refractivity contribution in [3.63, 3.8) is 0 Å². The molecule has 1 atom stereocenters. The van der Waals surface area contributed by atoms with E-state index in [2.05, 4.69) is 5.16 Å². The molecule has 2 aromatic rings. The van der Waals surface area contributed by atoms with Gasteiger partial charge < -0.3 is 18.9 Å². The van der Waals surface area contributed by atoms with E-state index in [0.29, 0.717) is 5.69 Å². The second kappa shape index (κ2) is 5.79.